The van der Waals surface area contributed by atoms with Gasteiger partial charge < -0.3 is 14.2 Å². The molecule has 0 radical (unpaired) electrons. The molecule has 2 heterocycles. The fourth-order valence-corrected chi connectivity index (χ4v) is 4.22. The average Bonchev–Trinajstić information content (AvgIpc) is 2.95. The van der Waals surface area contributed by atoms with Crippen molar-refractivity contribution in [1.29, 1.82) is 0 Å². The first kappa shape index (κ1) is 29.3. The van der Waals surface area contributed by atoms with Crippen LogP contribution in [-0.2, 0) is 16.1 Å². The van der Waals surface area contributed by atoms with Crippen LogP contribution >= 0.6 is 0 Å². The van der Waals surface area contributed by atoms with E-state index in [2.05, 4.69) is 10.3 Å². The first-order valence-electron chi connectivity index (χ1n) is 13.6. The quantitative estimate of drug-likeness (QED) is 0.176. The van der Waals surface area contributed by atoms with E-state index in [1.165, 1.54) is 0 Å². The third kappa shape index (κ3) is 7.30. The molecule has 9 heteroatoms. The van der Waals surface area contributed by atoms with Crippen molar-refractivity contribution in [3.05, 3.63) is 83.3 Å². The number of benzene rings is 2. The Kier molecular flexibility index (Phi) is 9.39. The number of para-hydroxylation sites is 1. The zero-order valence-electron chi connectivity index (χ0n) is 23.8. The zero-order valence-corrected chi connectivity index (χ0v) is 23.8. The minimum absolute atomic E-state index is 0.0890. The van der Waals surface area contributed by atoms with Gasteiger partial charge in [-0.05, 0) is 69.2 Å². The predicted octanol–water partition coefficient (Wildman–Crippen LogP) is 6.44. The normalized spacial score (nSPS) is 11.2. The van der Waals surface area contributed by atoms with Gasteiger partial charge in [0.25, 0.3) is 5.56 Å². The molecule has 0 aliphatic heterocycles. The summed E-state index contributed by atoms with van der Waals surface area (Å²) in [6.07, 6.45) is 2.08. The molecule has 2 aromatic heterocycles. The average molecular weight is 558 g/mol. The minimum Gasteiger partial charge on any atom is -0.493 e. The third-order valence-corrected chi connectivity index (χ3v) is 6.17. The van der Waals surface area contributed by atoms with Crippen molar-refractivity contribution in [2.45, 2.75) is 47.1 Å². The SMILES string of the molecule is CCCn1c(=O)c(NC(=O)Oc2ccccc2)c(-c2cccc(OCCCOC(=O)C(C)(C)C)c2)c2cccnc21. The standard InChI is InChI=1S/C32H35N3O6/c1-5-18-35-28-25(16-10-17-33-28)26(27(29(35)36)34-31(38)41-23-13-7-6-8-14-23)22-12-9-15-24(21-22)39-19-11-20-40-30(37)32(2,3)4/h6-10,12-17,21H,5,11,18-20H2,1-4H3,(H,34,38). The van der Waals surface area contributed by atoms with Crippen molar-refractivity contribution in [3.8, 4) is 22.6 Å². The van der Waals surface area contributed by atoms with E-state index < -0.39 is 11.5 Å². The van der Waals surface area contributed by atoms with Gasteiger partial charge in [0.15, 0.2) is 0 Å². The minimum atomic E-state index is -0.780. The Morgan fingerprint density at radius 2 is 1.71 bits per heavy atom. The highest BCUT2D eigenvalue weighted by atomic mass is 16.6. The molecule has 9 nitrogen and oxygen atoms in total. The lowest BCUT2D eigenvalue weighted by molar-refractivity contribution is -0.153. The first-order chi connectivity index (χ1) is 19.7. The molecule has 214 valence electrons. The maximum Gasteiger partial charge on any atom is 0.417 e. The number of amides is 1. The summed E-state index contributed by atoms with van der Waals surface area (Å²) in [5, 5.41) is 3.40. The number of carbonyl (C=O) groups is 2. The molecule has 0 spiro atoms. The molecule has 0 fully saturated rings. The van der Waals surface area contributed by atoms with Crippen molar-refractivity contribution in [1.82, 2.24) is 9.55 Å². The van der Waals surface area contributed by atoms with Crippen molar-refractivity contribution in [2.24, 2.45) is 5.41 Å². The van der Waals surface area contributed by atoms with Crippen LogP contribution in [0.15, 0.2) is 77.7 Å². The first-order valence-corrected chi connectivity index (χ1v) is 13.6. The molecule has 2 aromatic carbocycles. The molecule has 4 rings (SSSR count). The van der Waals surface area contributed by atoms with Crippen LogP contribution in [0.1, 0.15) is 40.5 Å². The van der Waals surface area contributed by atoms with Crippen LogP contribution in [0.4, 0.5) is 10.5 Å². The molecule has 1 amide bonds. The number of ether oxygens (including phenoxy) is 3. The molecule has 0 atom stereocenters. The third-order valence-electron chi connectivity index (χ3n) is 6.17. The Bertz CT molecular complexity index is 1570. The summed E-state index contributed by atoms with van der Waals surface area (Å²) in [7, 11) is 0. The number of carbonyl (C=O) groups excluding carboxylic acids is 2. The van der Waals surface area contributed by atoms with E-state index in [1.54, 1.807) is 53.2 Å². The van der Waals surface area contributed by atoms with E-state index in [9.17, 15) is 14.4 Å². The lowest BCUT2D eigenvalue weighted by Crippen LogP contribution is -2.29. The second-order valence-corrected chi connectivity index (χ2v) is 10.5. The second-order valence-electron chi connectivity index (χ2n) is 10.5. The number of aromatic nitrogens is 2. The molecule has 0 aliphatic carbocycles. The highest BCUT2D eigenvalue weighted by Gasteiger charge is 2.23. The van der Waals surface area contributed by atoms with Crippen LogP contribution in [0.25, 0.3) is 22.2 Å². The van der Waals surface area contributed by atoms with E-state index in [1.807, 2.05) is 52.0 Å². The Labute approximate surface area is 239 Å². The number of pyridine rings is 2. The summed E-state index contributed by atoms with van der Waals surface area (Å²) >= 11 is 0. The highest BCUT2D eigenvalue weighted by Crippen LogP contribution is 2.35. The largest absolute Gasteiger partial charge is 0.493 e. The molecule has 0 saturated carbocycles. The van der Waals surface area contributed by atoms with E-state index in [0.29, 0.717) is 59.7 Å². The van der Waals surface area contributed by atoms with Gasteiger partial charge in [-0.1, -0.05) is 37.3 Å². The van der Waals surface area contributed by atoms with Crippen LogP contribution in [0.2, 0.25) is 0 Å². The molecular weight excluding hydrogens is 522 g/mol. The highest BCUT2D eigenvalue weighted by molar-refractivity contribution is 6.03. The number of esters is 1. The molecule has 0 bridgehead atoms. The van der Waals surface area contributed by atoms with Crippen LogP contribution in [0.5, 0.6) is 11.5 Å². The van der Waals surface area contributed by atoms with Crippen LogP contribution in [0, 0.1) is 5.41 Å². The number of nitrogens with zero attached hydrogens (tertiary/aromatic N) is 2. The summed E-state index contributed by atoms with van der Waals surface area (Å²) in [6, 6.07) is 19.6. The number of fused-ring (bicyclic) bond motifs is 1. The number of rotatable bonds is 10. The van der Waals surface area contributed by atoms with Crippen molar-refractivity contribution >= 4 is 28.8 Å². The molecular formula is C32H35N3O6. The van der Waals surface area contributed by atoms with E-state index in [-0.39, 0.29) is 23.8 Å². The summed E-state index contributed by atoms with van der Waals surface area (Å²) in [5.74, 6) is 0.660. The zero-order chi connectivity index (χ0) is 29.4. The monoisotopic (exact) mass is 557 g/mol. The van der Waals surface area contributed by atoms with Gasteiger partial charge in [-0.15, -0.1) is 0 Å². The van der Waals surface area contributed by atoms with E-state index >= 15 is 0 Å². The maximum atomic E-state index is 13.8. The molecule has 4 aromatic rings. The summed E-state index contributed by atoms with van der Waals surface area (Å²) in [6.45, 7) is 8.40. The summed E-state index contributed by atoms with van der Waals surface area (Å²) < 4.78 is 18.3. The van der Waals surface area contributed by atoms with Gasteiger partial charge in [0.05, 0.1) is 18.6 Å². The number of nitrogens with one attached hydrogen (secondary N) is 1. The molecule has 0 unspecified atom stereocenters. The Morgan fingerprint density at radius 3 is 2.44 bits per heavy atom. The second kappa shape index (κ2) is 13.1. The van der Waals surface area contributed by atoms with Gasteiger partial charge in [-0.25, -0.2) is 9.78 Å². The fraction of sp³-hybridized carbons (Fsp3) is 0.312. The topological polar surface area (TPSA) is 109 Å². The van der Waals surface area contributed by atoms with Crippen molar-refractivity contribution in [2.75, 3.05) is 18.5 Å². The van der Waals surface area contributed by atoms with Gasteiger partial charge in [0.2, 0.25) is 0 Å². The molecule has 41 heavy (non-hydrogen) atoms. The van der Waals surface area contributed by atoms with E-state index in [0.717, 1.165) is 0 Å². The molecule has 1 N–H and O–H groups in total. The summed E-state index contributed by atoms with van der Waals surface area (Å²) in [4.78, 5) is 43.2. The number of anilines is 1. The molecule has 0 saturated heterocycles. The van der Waals surface area contributed by atoms with Crippen LogP contribution < -0.4 is 20.3 Å². The maximum absolute atomic E-state index is 13.8. The smallest absolute Gasteiger partial charge is 0.417 e. The number of aryl methyl sites for hydroxylation is 1. The Hall–Kier alpha value is -4.66. The van der Waals surface area contributed by atoms with Crippen molar-refractivity contribution in [3.63, 3.8) is 0 Å². The predicted molar refractivity (Wildman–Crippen MR) is 158 cm³/mol. The lowest BCUT2D eigenvalue weighted by Gasteiger charge is -2.18. The lowest BCUT2D eigenvalue weighted by atomic mass is 9.97. The Morgan fingerprint density at radius 1 is 0.951 bits per heavy atom. The fourth-order valence-electron chi connectivity index (χ4n) is 4.22. The van der Waals surface area contributed by atoms with E-state index in [4.69, 9.17) is 14.2 Å². The number of hydrogen-bond donors (Lipinski definition) is 1. The van der Waals surface area contributed by atoms with Crippen LogP contribution in [-0.4, -0.2) is 34.8 Å². The van der Waals surface area contributed by atoms with Gasteiger partial charge in [-0.2, -0.15) is 0 Å². The van der Waals surface area contributed by atoms with Gasteiger partial charge in [0.1, 0.15) is 22.8 Å². The van der Waals surface area contributed by atoms with Crippen LogP contribution in [0.3, 0.4) is 0 Å². The molecule has 0 aliphatic rings. The van der Waals surface area contributed by atoms with Crippen molar-refractivity contribution < 1.29 is 23.8 Å². The summed E-state index contributed by atoms with van der Waals surface area (Å²) in [5.41, 5.74) is 0.840. The number of hydrogen-bond acceptors (Lipinski definition) is 7. The van der Waals surface area contributed by atoms with Gasteiger partial charge in [-0.3, -0.25) is 19.5 Å². The van der Waals surface area contributed by atoms with Gasteiger partial charge in [0, 0.05) is 30.1 Å². The van der Waals surface area contributed by atoms with Gasteiger partial charge >= 0.3 is 12.1 Å². The Balaban J connectivity index is 1.66.